The van der Waals surface area contributed by atoms with Crippen molar-refractivity contribution in [2.24, 2.45) is 0 Å². The number of benzene rings is 1. The van der Waals surface area contributed by atoms with E-state index in [-0.39, 0.29) is 0 Å². The number of nitrogens with zero attached hydrogens (tertiary/aromatic N) is 2. The standard InChI is InChI=1S/C16H24BrIN2Si/c1-10(2)21(11(3)4,12(5)6)20-16-8-13(18)7-15(17)14(16)9-19-20/h7-12H,1-6H3. The Labute approximate surface area is 151 Å². The van der Waals surface area contributed by atoms with Crippen LogP contribution in [0.15, 0.2) is 22.8 Å². The van der Waals surface area contributed by atoms with Crippen LogP contribution in [-0.2, 0) is 0 Å². The van der Waals surface area contributed by atoms with Crippen LogP contribution < -0.4 is 0 Å². The number of hydrogen-bond donors (Lipinski definition) is 0. The van der Waals surface area contributed by atoms with Gasteiger partial charge in [0.05, 0.1) is 11.7 Å². The first-order valence-corrected chi connectivity index (χ1v) is 11.6. The van der Waals surface area contributed by atoms with Crippen molar-refractivity contribution in [3.8, 4) is 0 Å². The number of hydrogen-bond acceptors (Lipinski definition) is 1. The summed E-state index contributed by atoms with van der Waals surface area (Å²) < 4.78 is 4.83. The SMILES string of the molecule is CC(C)[Si](C(C)C)(C(C)C)n1ncc2c(Br)cc(I)cc21. The monoisotopic (exact) mass is 478 g/mol. The molecule has 0 N–H and O–H groups in total. The number of fused-ring (bicyclic) bond motifs is 1. The van der Waals surface area contributed by atoms with Crippen molar-refractivity contribution in [1.29, 1.82) is 0 Å². The van der Waals surface area contributed by atoms with Gasteiger partial charge < -0.3 is 0 Å². The van der Waals surface area contributed by atoms with E-state index >= 15 is 0 Å². The molecule has 0 aliphatic rings. The van der Waals surface area contributed by atoms with Crippen molar-refractivity contribution in [2.45, 2.75) is 58.2 Å². The van der Waals surface area contributed by atoms with Gasteiger partial charge in [-0.15, -0.1) is 0 Å². The maximum atomic E-state index is 4.88. The highest BCUT2D eigenvalue weighted by Gasteiger charge is 2.47. The molecule has 116 valence electrons. The van der Waals surface area contributed by atoms with Crippen LogP contribution >= 0.6 is 38.5 Å². The molecule has 1 aromatic carbocycles. The summed E-state index contributed by atoms with van der Waals surface area (Å²) in [5.74, 6) is 0. The fourth-order valence-corrected chi connectivity index (χ4v) is 12.0. The van der Waals surface area contributed by atoms with E-state index < -0.39 is 8.24 Å². The van der Waals surface area contributed by atoms with Crippen molar-refractivity contribution in [2.75, 3.05) is 0 Å². The first-order valence-electron chi connectivity index (χ1n) is 7.56. The second kappa shape index (κ2) is 6.32. The lowest BCUT2D eigenvalue weighted by atomic mass is 10.3. The minimum Gasteiger partial charge on any atom is -0.293 e. The van der Waals surface area contributed by atoms with Gasteiger partial charge in [-0.05, 0) is 51.3 Å². The Hall–Kier alpha value is 0.117. The van der Waals surface area contributed by atoms with Crippen molar-refractivity contribution < 1.29 is 0 Å². The van der Waals surface area contributed by atoms with Gasteiger partial charge in [0.1, 0.15) is 0 Å². The Kier molecular flexibility index (Phi) is 5.25. The van der Waals surface area contributed by atoms with Crippen molar-refractivity contribution in [3.63, 3.8) is 0 Å². The van der Waals surface area contributed by atoms with E-state index in [1.54, 1.807) is 0 Å². The van der Waals surface area contributed by atoms with Crippen molar-refractivity contribution in [3.05, 3.63) is 26.4 Å². The molecule has 1 heterocycles. The third kappa shape index (κ3) is 2.74. The Balaban J connectivity index is 2.84. The highest BCUT2D eigenvalue weighted by Crippen LogP contribution is 2.44. The fraction of sp³-hybridized carbons (Fsp3) is 0.562. The molecule has 0 saturated carbocycles. The van der Waals surface area contributed by atoms with Crippen LogP contribution in [0.3, 0.4) is 0 Å². The number of halogens is 2. The highest BCUT2D eigenvalue weighted by atomic mass is 127. The Bertz CT molecular complexity index is 627. The summed E-state index contributed by atoms with van der Waals surface area (Å²) >= 11 is 6.09. The van der Waals surface area contributed by atoms with Gasteiger partial charge in [0.15, 0.2) is 8.24 Å². The normalized spacial score (nSPS) is 13.1. The van der Waals surface area contributed by atoms with E-state index in [1.807, 2.05) is 6.20 Å². The lowest BCUT2D eigenvalue weighted by Gasteiger charge is -2.43. The second-order valence-electron chi connectivity index (χ2n) is 6.73. The largest absolute Gasteiger partial charge is 0.293 e. The van der Waals surface area contributed by atoms with Gasteiger partial charge in [-0.3, -0.25) is 4.35 Å². The predicted octanol–water partition coefficient (Wildman–Crippen LogP) is 6.43. The molecule has 0 aliphatic carbocycles. The summed E-state index contributed by atoms with van der Waals surface area (Å²) in [6.45, 7) is 14.3. The summed E-state index contributed by atoms with van der Waals surface area (Å²) in [6.07, 6.45) is 2.03. The molecule has 0 fully saturated rings. The van der Waals surface area contributed by atoms with Crippen LogP contribution in [0.5, 0.6) is 0 Å². The lowest BCUT2D eigenvalue weighted by Crippen LogP contribution is -2.52. The molecule has 0 aliphatic heterocycles. The molecule has 0 atom stereocenters. The maximum Gasteiger partial charge on any atom is 0.193 e. The maximum absolute atomic E-state index is 4.88. The first kappa shape index (κ1) is 17.5. The third-order valence-electron chi connectivity index (χ3n) is 4.74. The van der Waals surface area contributed by atoms with Gasteiger partial charge in [-0.2, -0.15) is 5.10 Å². The van der Waals surface area contributed by atoms with E-state index in [0.717, 1.165) is 4.47 Å². The highest BCUT2D eigenvalue weighted by molar-refractivity contribution is 14.1. The molecular formula is C16H24BrIN2Si. The summed E-state index contributed by atoms with van der Waals surface area (Å²) in [6, 6.07) is 4.45. The molecule has 0 spiro atoms. The van der Waals surface area contributed by atoms with Gasteiger partial charge >= 0.3 is 0 Å². The molecular weight excluding hydrogens is 455 g/mol. The van der Waals surface area contributed by atoms with Crippen LogP contribution in [0.1, 0.15) is 41.5 Å². The quantitative estimate of drug-likeness (QED) is 0.365. The summed E-state index contributed by atoms with van der Waals surface area (Å²) in [5.41, 5.74) is 3.24. The zero-order valence-electron chi connectivity index (χ0n) is 13.6. The molecule has 0 bridgehead atoms. The van der Waals surface area contributed by atoms with Crippen LogP contribution in [-0.4, -0.2) is 17.7 Å². The van der Waals surface area contributed by atoms with Crippen LogP contribution in [0.25, 0.3) is 10.9 Å². The van der Waals surface area contributed by atoms with E-state index in [1.165, 1.54) is 14.5 Å². The third-order valence-corrected chi connectivity index (χ3v) is 12.7. The summed E-state index contributed by atoms with van der Waals surface area (Å²) in [5, 5.41) is 6.11. The van der Waals surface area contributed by atoms with Crippen molar-refractivity contribution >= 4 is 57.7 Å². The molecule has 0 radical (unpaired) electrons. The molecule has 5 heteroatoms. The summed E-state index contributed by atoms with van der Waals surface area (Å²) in [7, 11) is -1.78. The molecule has 1 aromatic heterocycles. The molecule has 0 saturated heterocycles. The van der Waals surface area contributed by atoms with Crippen LogP contribution in [0.4, 0.5) is 0 Å². The zero-order valence-corrected chi connectivity index (χ0v) is 18.4. The first-order chi connectivity index (χ1) is 9.72. The zero-order chi connectivity index (χ0) is 15.9. The Morgan fingerprint density at radius 2 is 1.57 bits per heavy atom. The topological polar surface area (TPSA) is 17.8 Å². The van der Waals surface area contributed by atoms with E-state index in [4.69, 9.17) is 5.10 Å². The average molecular weight is 479 g/mol. The van der Waals surface area contributed by atoms with E-state index in [9.17, 15) is 0 Å². The summed E-state index contributed by atoms with van der Waals surface area (Å²) in [4.78, 5) is 0. The lowest BCUT2D eigenvalue weighted by molar-refractivity contribution is 0.736. The predicted molar refractivity (Wildman–Crippen MR) is 107 cm³/mol. The fourth-order valence-electron chi connectivity index (χ4n) is 4.09. The molecule has 2 aromatic rings. The van der Waals surface area contributed by atoms with Gasteiger partial charge in [0.25, 0.3) is 0 Å². The minimum absolute atomic E-state index is 0.650. The minimum atomic E-state index is -1.78. The molecule has 2 rings (SSSR count). The average Bonchev–Trinajstić information content (AvgIpc) is 2.73. The molecule has 2 nitrogen and oxygen atoms in total. The second-order valence-corrected chi connectivity index (χ2v) is 14.5. The van der Waals surface area contributed by atoms with Gasteiger partial charge in [-0.1, -0.05) is 57.5 Å². The van der Waals surface area contributed by atoms with Crippen LogP contribution in [0, 0.1) is 3.57 Å². The van der Waals surface area contributed by atoms with Crippen molar-refractivity contribution in [1.82, 2.24) is 9.45 Å². The van der Waals surface area contributed by atoms with E-state index in [2.05, 4.69) is 96.5 Å². The van der Waals surface area contributed by atoms with Crippen LogP contribution in [0.2, 0.25) is 16.6 Å². The molecule has 0 unspecified atom stereocenters. The van der Waals surface area contributed by atoms with Gasteiger partial charge in [-0.25, -0.2) is 0 Å². The number of aromatic nitrogens is 2. The number of rotatable bonds is 4. The van der Waals surface area contributed by atoms with E-state index in [0.29, 0.717) is 16.6 Å². The van der Waals surface area contributed by atoms with Gasteiger partial charge in [0, 0.05) is 13.4 Å². The molecule has 0 amide bonds. The van der Waals surface area contributed by atoms with Gasteiger partial charge in [0.2, 0.25) is 0 Å². The Morgan fingerprint density at radius 1 is 1.05 bits per heavy atom. The molecule has 21 heavy (non-hydrogen) atoms. The smallest absolute Gasteiger partial charge is 0.193 e. The Morgan fingerprint density at radius 3 is 2.05 bits per heavy atom.